The highest BCUT2D eigenvalue weighted by molar-refractivity contribution is 6.40. The second-order valence-corrected chi connectivity index (χ2v) is 18.0. The van der Waals surface area contributed by atoms with Gasteiger partial charge in [-0.1, -0.05) is 108 Å². The lowest BCUT2D eigenvalue weighted by Gasteiger charge is -2.43. The van der Waals surface area contributed by atoms with E-state index in [0.29, 0.717) is 70.5 Å². The van der Waals surface area contributed by atoms with Crippen molar-refractivity contribution < 1.29 is 27.9 Å². The van der Waals surface area contributed by atoms with E-state index in [2.05, 4.69) is 27.3 Å². The number of halogens is 6. The number of benzene rings is 4. The summed E-state index contributed by atoms with van der Waals surface area (Å²) in [4.78, 5) is 47.7. The number of nitrogens with one attached hydrogen (secondary N) is 1. The van der Waals surface area contributed by atoms with E-state index in [9.17, 15) is 23.2 Å². The van der Waals surface area contributed by atoms with Crippen LogP contribution in [0.4, 0.5) is 13.6 Å². The molecule has 340 valence electrons. The predicted octanol–water partition coefficient (Wildman–Crippen LogP) is 10.3. The molecule has 2 atom stereocenters. The van der Waals surface area contributed by atoms with E-state index < -0.39 is 17.0 Å². The topological polar surface area (TPSA) is 100 Å². The molecule has 2 aliphatic rings. The summed E-state index contributed by atoms with van der Waals surface area (Å²) in [6, 6.07) is 24.4. The second-order valence-electron chi connectivity index (χ2n) is 16.3. The fourth-order valence-electron chi connectivity index (χ4n) is 8.44. The summed E-state index contributed by atoms with van der Waals surface area (Å²) < 4.78 is 35.3. The Morgan fingerprint density at radius 2 is 1.56 bits per heavy atom. The van der Waals surface area contributed by atoms with Gasteiger partial charge in [0.1, 0.15) is 18.7 Å². The van der Waals surface area contributed by atoms with E-state index in [1.165, 1.54) is 22.5 Å². The van der Waals surface area contributed by atoms with Crippen molar-refractivity contribution in [1.82, 2.24) is 29.6 Å². The van der Waals surface area contributed by atoms with Gasteiger partial charge in [0.05, 0.1) is 28.5 Å². The first-order valence-corrected chi connectivity index (χ1v) is 22.7. The molecule has 0 radical (unpaired) electrons. The lowest BCUT2D eigenvalue weighted by atomic mass is 9.80. The zero-order valence-electron chi connectivity index (χ0n) is 36.0. The van der Waals surface area contributed by atoms with Gasteiger partial charge in [0, 0.05) is 67.7 Å². The van der Waals surface area contributed by atoms with Gasteiger partial charge >= 0.3 is 6.03 Å². The summed E-state index contributed by atoms with van der Waals surface area (Å²) in [5.41, 5.74) is 1.28. The van der Waals surface area contributed by atoms with Crippen LogP contribution in [0.3, 0.4) is 0 Å². The summed E-state index contributed by atoms with van der Waals surface area (Å²) in [6.45, 7) is 7.74. The molecule has 0 unspecified atom stereocenters. The molecule has 64 heavy (non-hydrogen) atoms. The predicted molar refractivity (Wildman–Crippen MR) is 248 cm³/mol. The van der Waals surface area contributed by atoms with Crippen LogP contribution in [-0.2, 0) is 27.1 Å². The molecule has 4 aromatic carbocycles. The third-order valence-corrected chi connectivity index (χ3v) is 13.0. The van der Waals surface area contributed by atoms with Gasteiger partial charge in [-0.2, -0.15) is 0 Å². The molecular formula is C48H52Cl4F2N6O4. The molecule has 0 spiro atoms. The van der Waals surface area contributed by atoms with E-state index >= 15 is 0 Å². The number of aromatic nitrogens is 2. The molecule has 1 aromatic heterocycles. The van der Waals surface area contributed by atoms with Crippen LogP contribution in [-0.4, -0.2) is 94.9 Å². The molecule has 1 saturated carbocycles. The Kier molecular flexibility index (Phi) is 16.9. The SMILES string of the molecule is CC(=O)CNC1(c2ccccc2)CCN(C[C@@H]2C[C@@]2(C(=O)N(C)Cc2ccccc2Cl)c2ccc(F)c(F)c2)CC1.CCCN(CCOc1c(Cl)cc(Cl)cc1Cl)C(=O)n1ccnc1. The van der Waals surface area contributed by atoms with E-state index in [-0.39, 0.29) is 35.8 Å². The van der Waals surface area contributed by atoms with Crippen LogP contribution in [0.15, 0.2) is 104 Å². The van der Waals surface area contributed by atoms with Gasteiger partial charge in [-0.25, -0.2) is 18.6 Å². The van der Waals surface area contributed by atoms with Gasteiger partial charge in [0.15, 0.2) is 17.4 Å². The number of likely N-dealkylation sites (N-methyl/N-ethyl adjacent to an activating group) is 1. The van der Waals surface area contributed by atoms with Crippen LogP contribution in [0.1, 0.15) is 56.2 Å². The minimum Gasteiger partial charge on any atom is -0.489 e. The van der Waals surface area contributed by atoms with Gasteiger partial charge < -0.3 is 24.8 Å². The molecule has 7 rings (SSSR count). The molecule has 0 bridgehead atoms. The van der Waals surface area contributed by atoms with Gasteiger partial charge in [-0.15, -0.1) is 0 Å². The summed E-state index contributed by atoms with van der Waals surface area (Å²) >= 11 is 24.4. The lowest BCUT2D eigenvalue weighted by molar-refractivity contribution is -0.133. The molecule has 1 aliphatic carbocycles. The Bertz CT molecular complexity index is 2360. The molecule has 1 aliphatic heterocycles. The Morgan fingerprint density at radius 1 is 0.875 bits per heavy atom. The van der Waals surface area contributed by atoms with Crippen LogP contribution in [0.5, 0.6) is 5.75 Å². The number of piperidine rings is 1. The number of ketones is 1. The smallest absolute Gasteiger partial charge is 0.329 e. The maximum Gasteiger partial charge on any atom is 0.329 e. The summed E-state index contributed by atoms with van der Waals surface area (Å²) in [7, 11) is 1.73. The average Bonchev–Trinajstić information content (AvgIpc) is 3.71. The Morgan fingerprint density at radius 3 is 2.19 bits per heavy atom. The maximum atomic E-state index is 14.4. The fourth-order valence-corrected chi connectivity index (χ4v) is 9.56. The molecule has 2 heterocycles. The van der Waals surface area contributed by atoms with Crippen LogP contribution in [0, 0.1) is 17.6 Å². The molecule has 10 nitrogen and oxygen atoms in total. The minimum absolute atomic E-state index is 0.0389. The molecule has 2 amide bonds. The van der Waals surface area contributed by atoms with E-state index in [1.807, 2.05) is 43.3 Å². The van der Waals surface area contributed by atoms with Crippen molar-refractivity contribution in [3.63, 3.8) is 0 Å². The highest BCUT2D eigenvalue weighted by Gasteiger charge is 2.62. The van der Waals surface area contributed by atoms with Crippen LogP contribution in [0.25, 0.3) is 0 Å². The number of hydrogen-bond donors (Lipinski definition) is 1. The minimum atomic E-state index is -0.948. The van der Waals surface area contributed by atoms with Crippen molar-refractivity contribution in [1.29, 1.82) is 0 Å². The van der Waals surface area contributed by atoms with Gasteiger partial charge in [-0.05, 0) is 85.5 Å². The summed E-state index contributed by atoms with van der Waals surface area (Å²) in [5, 5.41) is 5.23. The van der Waals surface area contributed by atoms with E-state index in [0.717, 1.165) is 44.0 Å². The first kappa shape index (κ1) is 48.9. The van der Waals surface area contributed by atoms with Gasteiger partial charge in [0.25, 0.3) is 0 Å². The third-order valence-electron chi connectivity index (χ3n) is 11.9. The van der Waals surface area contributed by atoms with Crippen molar-refractivity contribution in [3.8, 4) is 5.75 Å². The normalized spacial score (nSPS) is 17.8. The zero-order valence-corrected chi connectivity index (χ0v) is 39.0. The number of nitrogens with zero attached hydrogens (tertiary/aromatic N) is 5. The van der Waals surface area contributed by atoms with Crippen molar-refractivity contribution in [2.75, 3.05) is 52.9 Å². The highest BCUT2D eigenvalue weighted by Crippen LogP contribution is 2.56. The number of rotatable bonds is 16. The number of hydrogen-bond acceptors (Lipinski definition) is 7. The summed E-state index contributed by atoms with van der Waals surface area (Å²) in [5.74, 6) is -1.57. The molecule has 5 aromatic rings. The third kappa shape index (κ3) is 11.8. The number of carbonyl (C=O) groups is 3. The molecular weight excluding hydrogens is 904 g/mol. The molecule has 1 saturated heterocycles. The first-order valence-electron chi connectivity index (χ1n) is 21.2. The Hall–Kier alpha value is -4.56. The van der Waals surface area contributed by atoms with E-state index in [4.69, 9.17) is 51.1 Å². The standard InChI is InChI=1S/C33H36ClF2N3O2.C15H16Cl3N3O2/c1-23(40)20-37-32(25-9-4-3-5-10-25)14-16-39(17-15-32)22-27-19-33(27,26-12-13-29(35)30(36)18-26)31(41)38(2)21-24-8-6-7-11-28(24)34;1-2-4-20(15(22)21-5-3-19-10-21)6-7-23-14-12(17)8-11(16)9-13(14)18/h3-13,18,27,37H,14-17,19-22H2,1-2H3;3,5,8-10H,2,4,6-7H2,1H3/t27-,33+;/m0./s1. The van der Waals surface area contributed by atoms with Gasteiger partial charge in [-0.3, -0.25) is 14.2 Å². The van der Waals surface area contributed by atoms with Crippen LogP contribution < -0.4 is 10.1 Å². The van der Waals surface area contributed by atoms with Crippen molar-refractivity contribution in [3.05, 3.63) is 152 Å². The van der Waals surface area contributed by atoms with Crippen molar-refractivity contribution >= 4 is 64.1 Å². The number of Topliss-reactive ketones (excluding diaryl/α,β-unsaturated/α-hetero) is 1. The number of likely N-dealkylation sites (tertiary alicyclic amines) is 1. The quantitative estimate of drug-likeness (QED) is 0.105. The van der Waals surface area contributed by atoms with E-state index in [1.54, 1.807) is 60.4 Å². The Balaban J connectivity index is 0.000000251. The maximum absolute atomic E-state index is 14.4. The monoisotopic (exact) mass is 954 g/mol. The average molecular weight is 957 g/mol. The lowest BCUT2D eigenvalue weighted by Crippen LogP contribution is -2.52. The number of ether oxygens (including phenoxy) is 1. The van der Waals surface area contributed by atoms with Crippen molar-refractivity contribution in [2.24, 2.45) is 5.92 Å². The largest absolute Gasteiger partial charge is 0.489 e. The highest BCUT2D eigenvalue weighted by atomic mass is 35.5. The van der Waals surface area contributed by atoms with Crippen molar-refractivity contribution in [2.45, 2.75) is 57.0 Å². The van der Waals surface area contributed by atoms with Gasteiger partial charge in [0.2, 0.25) is 5.91 Å². The fraction of sp³-hybridized carbons (Fsp3) is 0.375. The first-order chi connectivity index (χ1) is 30.7. The Labute approximate surface area is 393 Å². The number of carbonyl (C=O) groups excluding carboxylic acids is 3. The molecule has 1 N–H and O–H groups in total. The molecule has 16 heteroatoms. The van der Waals surface area contributed by atoms with Crippen LogP contribution >= 0.6 is 46.4 Å². The summed E-state index contributed by atoms with van der Waals surface area (Å²) in [6.07, 6.45) is 7.67. The molecule has 2 fully saturated rings. The number of amides is 2. The zero-order chi connectivity index (χ0) is 46.0. The number of imidazole rings is 1. The second kappa shape index (κ2) is 22.1. The van der Waals surface area contributed by atoms with Crippen LogP contribution in [0.2, 0.25) is 20.1 Å².